The second-order valence-corrected chi connectivity index (χ2v) is 6.05. The van der Waals surface area contributed by atoms with Crippen LogP contribution in [0.5, 0.6) is 5.75 Å². The first-order chi connectivity index (χ1) is 12.6. The maximum absolute atomic E-state index is 12.9. The van der Waals surface area contributed by atoms with E-state index in [4.69, 9.17) is 4.74 Å². The Morgan fingerprint density at radius 2 is 2.12 bits per heavy atom. The van der Waals surface area contributed by atoms with Crippen LogP contribution in [-0.4, -0.2) is 53.7 Å². The van der Waals surface area contributed by atoms with Gasteiger partial charge in [-0.15, -0.1) is 0 Å². The Morgan fingerprint density at radius 1 is 1.35 bits per heavy atom. The van der Waals surface area contributed by atoms with Gasteiger partial charge in [-0.05, 0) is 13.0 Å². The van der Waals surface area contributed by atoms with Gasteiger partial charge >= 0.3 is 12.0 Å². The number of fused-ring (bicyclic) bond motifs is 1. The summed E-state index contributed by atoms with van der Waals surface area (Å²) in [5.41, 5.74) is 2.61. The largest absolute Gasteiger partial charge is 0.496 e. The molecule has 138 valence electrons. The lowest BCUT2D eigenvalue weighted by Crippen LogP contribution is -2.50. The molecule has 2 aromatic rings. The van der Waals surface area contributed by atoms with Crippen molar-refractivity contribution >= 4 is 12.0 Å². The first kappa shape index (κ1) is 17.8. The minimum absolute atomic E-state index is 0.354. The van der Waals surface area contributed by atoms with Gasteiger partial charge in [0.1, 0.15) is 17.8 Å². The molecule has 2 atom stereocenters. The van der Waals surface area contributed by atoms with Crippen LogP contribution in [-0.2, 0) is 16.0 Å². The number of ether oxygens (including phenoxy) is 2. The summed E-state index contributed by atoms with van der Waals surface area (Å²) < 4.78 is 10.2. The van der Waals surface area contributed by atoms with Gasteiger partial charge in [0.15, 0.2) is 0 Å². The minimum Gasteiger partial charge on any atom is -0.496 e. The van der Waals surface area contributed by atoms with Crippen LogP contribution in [0.25, 0.3) is 0 Å². The van der Waals surface area contributed by atoms with Crippen molar-refractivity contribution in [2.24, 2.45) is 0 Å². The van der Waals surface area contributed by atoms with E-state index in [0.29, 0.717) is 18.7 Å². The van der Waals surface area contributed by atoms with E-state index in [1.807, 2.05) is 24.3 Å². The third-order valence-corrected chi connectivity index (χ3v) is 4.51. The number of hydrogen-bond donors (Lipinski definition) is 2. The van der Waals surface area contributed by atoms with Gasteiger partial charge in [0.2, 0.25) is 0 Å². The Hall–Kier alpha value is -3.03. The molecule has 26 heavy (non-hydrogen) atoms. The number of esters is 1. The van der Waals surface area contributed by atoms with Crippen LogP contribution >= 0.6 is 0 Å². The number of imidazole rings is 1. The molecular weight excluding hydrogens is 336 g/mol. The zero-order valence-electron chi connectivity index (χ0n) is 15.0. The number of nitrogens with zero attached hydrogens (tertiary/aromatic N) is 2. The summed E-state index contributed by atoms with van der Waals surface area (Å²) in [5.74, 6) is 0.178. The molecule has 8 heteroatoms. The summed E-state index contributed by atoms with van der Waals surface area (Å²) in [6.45, 7) is 2.07. The number of H-pyrrole nitrogens is 1. The van der Waals surface area contributed by atoms with Crippen molar-refractivity contribution in [1.82, 2.24) is 20.2 Å². The van der Waals surface area contributed by atoms with E-state index in [9.17, 15) is 9.59 Å². The van der Waals surface area contributed by atoms with E-state index in [0.717, 1.165) is 17.0 Å². The normalized spacial score (nSPS) is 17.2. The third kappa shape index (κ3) is 3.22. The molecule has 0 aliphatic carbocycles. The van der Waals surface area contributed by atoms with Crippen LogP contribution < -0.4 is 10.1 Å². The molecule has 0 bridgehead atoms. The lowest BCUT2D eigenvalue weighted by Gasteiger charge is -2.36. The fourth-order valence-corrected chi connectivity index (χ4v) is 3.21. The van der Waals surface area contributed by atoms with E-state index in [1.165, 1.54) is 7.11 Å². The number of benzene rings is 1. The fraction of sp³-hybridized carbons (Fsp3) is 0.389. The van der Waals surface area contributed by atoms with Gasteiger partial charge in [0.25, 0.3) is 0 Å². The summed E-state index contributed by atoms with van der Waals surface area (Å²) in [7, 11) is 2.89. The maximum Gasteiger partial charge on any atom is 0.328 e. The maximum atomic E-state index is 12.9. The SMILES string of the molecule is COC(=O)[C@H](C)NC(=O)N1CCc2[nH]cnc2[C@@H]1c1ccccc1OC. The van der Waals surface area contributed by atoms with Crippen LogP contribution in [0.3, 0.4) is 0 Å². The molecule has 1 aromatic carbocycles. The minimum atomic E-state index is -0.744. The van der Waals surface area contributed by atoms with E-state index in [2.05, 4.69) is 20.0 Å². The number of hydrogen-bond acceptors (Lipinski definition) is 5. The molecular formula is C18H22N4O4. The number of carbonyl (C=O) groups is 2. The van der Waals surface area contributed by atoms with Gasteiger partial charge in [0, 0.05) is 24.2 Å². The van der Waals surface area contributed by atoms with Gasteiger partial charge in [0.05, 0.1) is 26.2 Å². The Balaban J connectivity index is 1.96. The molecule has 0 saturated carbocycles. The van der Waals surface area contributed by atoms with Gasteiger partial charge < -0.3 is 24.7 Å². The zero-order valence-corrected chi connectivity index (χ0v) is 15.0. The number of para-hydroxylation sites is 1. The number of methoxy groups -OCH3 is 2. The summed E-state index contributed by atoms with van der Waals surface area (Å²) in [6, 6.07) is 6.03. The van der Waals surface area contributed by atoms with Crippen molar-refractivity contribution in [2.75, 3.05) is 20.8 Å². The molecule has 0 unspecified atom stereocenters. The quantitative estimate of drug-likeness (QED) is 0.810. The number of carbonyl (C=O) groups excluding carboxylic acids is 2. The highest BCUT2D eigenvalue weighted by atomic mass is 16.5. The molecule has 2 N–H and O–H groups in total. The highest BCUT2D eigenvalue weighted by molar-refractivity contribution is 5.83. The number of aromatic amines is 1. The Labute approximate surface area is 151 Å². The number of nitrogens with one attached hydrogen (secondary N) is 2. The molecule has 2 amide bonds. The van der Waals surface area contributed by atoms with Crippen molar-refractivity contribution < 1.29 is 19.1 Å². The second kappa shape index (κ2) is 7.47. The van der Waals surface area contributed by atoms with E-state index in [1.54, 1.807) is 25.3 Å². The highest BCUT2D eigenvalue weighted by Gasteiger charge is 2.36. The average molecular weight is 358 g/mol. The predicted octanol–water partition coefficient (Wildman–Crippen LogP) is 1.64. The summed E-state index contributed by atoms with van der Waals surface area (Å²) >= 11 is 0. The van der Waals surface area contributed by atoms with Crippen molar-refractivity contribution in [3.05, 3.63) is 47.5 Å². The van der Waals surface area contributed by atoms with Crippen molar-refractivity contribution in [1.29, 1.82) is 0 Å². The van der Waals surface area contributed by atoms with Gasteiger partial charge in [-0.2, -0.15) is 0 Å². The van der Waals surface area contributed by atoms with Gasteiger partial charge in [-0.3, -0.25) is 0 Å². The van der Waals surface area contributed by atoms with E-state index >= 15 is 0 Å². The number of rotatable bonds is 4. The molecule has 1 aromatic heterocycles. The Morgan fingerprint density at radius 3 is 2.85 bits per heavy atom. The first-order valence-electron chi connectivity index (χ1n) is 8.36. The van der Waals surface area contributed by atoms with Gasteiger partial charge in [-0.1, -0.05) is 18.2 Å². The van der Waals surface area contributed by atoms with E-state index < -0.39 is 18.1 Å². The third-order valence-electron chi connectivity index (χ3n) is 4.51. The van der Waals surface area contributed by atoms with Crippen LogP contribution in [0.2, 0.25) is 0 Å². The molecule has 0 radical (unpaired) electrons. The zero-order chi connectivity index (χ0) is 18.7. The Bertz CT molecular complexity index is 804. The summed E-state index contributed by atoms with van der Waals surface area (Å²) in [5, 5.41) is 2.69. The van der Waals surface area contributed by atoms with E-state index in [-0.39, 0.29) is 6.03 Å². The second-order valence-electron chi connectivity index (χ2n) is 6.05. The lowest BCUT2D eigenvalue weighted by molar-refractivity contribution is -0.142. The summed E-state index contributed by atoms with van der Waals surface area (Å²) in [4.78, 5) is 33.8. The monoisotopic (exact) mass is 358 g/mol. The van der Waals surface area contributed by atoms with Crippen molar-refractivity contribution in [3.63, 3.8) is 0 Å². The van der Waals surface area contributed by atoms with Crippen molar-refractivity contribution in [3.8, 4) is 5.75 Å². The van der Waals surface area contributed by atoms with Crippen LogP contribution in [0.4, 0.5) is 4.79 Å². The number of aromatic nitrogens is 2. The standard InChI is InChI=1S/C18H22N4O4/c1-11(17(23)26-3)21-18(24)22-9-8-13-15(20-10-19-13)16(22)12-6-4-5-7-14(12)25-2/h4-7,10-11,16H,8-9H2,1-3H3,(H,19,20)(H,21,24)/t11-,16-/m0/s1. The highest BCUT2D eigenvalue weighted by Crippen LogP contribution is 2.37. The van der Waals surface area contributed by atoms with Crippen LogP contribution in [0.15, 0.2) is 30.6 Å². The molecule has 8 nitrogen and oxygen atoms in total. The van der Waals surface area contributed by atoms with Crippen LogP contribution in [0, 0.1) is 0 Å². The number of urea groups is 1. The van der Waals surface area contributed by atoms with Crippen LogP contribution in [0.1, 0.15) is 29.9 Å². The summed E-state index contributed by atoms with van der Waals surface area (Å²) in [6.07, 6.45) is 2.28. The molecule has 2 heterocycles. The fourth-order valence-electron chi connectivity index (χ4n) is 3.21. The lowest BCUT2D eigenvalue weighted by atomic mass is 9.95. The molecule has 0 saturated heterocycles. The molecule has 1 aliphatic rings. The average Bonchev–Trinajstić information content (AvgIpc) is 3.15. The predicted molar refractivity (Wildman–Crippen MR) is 93.8 cm³/mol. The molecule has 1 aliphatic heterocycles. The van der Waals surface area contributed by atoms with Gasteiger partial charge in [-0.25, -0.2) is 14.6 Å². The topological polar surface area (TPSA) is 96.6 Å². The first-order valence-corrected chi connectivity index (χ1v) is 8.36. The molecule has 3 rings (SSSR count). The molecule has 0 fully saturated rings. The molecule has 0 spiro atoms. The smallest absolute Gasteiger partial charge is 0.328 e. The number of amides is 2. The Kier molecular flexibility index (Phi) is 5.11. The van der Waals surface area contributed by atoms with Crippen molar-refractivity contribution in [2.45, 2.75) is 25.4 Å².